The minimum absolute atomic E-state index is 0.752. The van der Waals surface area contributed by atoms with Crippen molar-refractivity contribution >= 4 is 21.6 Å². The molecule has 3 nitrogen and oxygen atoms in total. The van der Waals surface area contributed by atoms with E-state index in [9.17, 15) is 0 Å². The monoisotopic (exact) mass is 279 g/mol. The molecule has 0 fully saturated rings. The van der Waals surface area contributed by atoms with Crippen molar-refractivity contribution in [2.75, 3.05) is 5.73 Å². The average molecular weight is 280 g/mol. The number of hydrogen-bond acceptors (Lipinski definition) is 2. The molecule has 0 saturated carbocycles. The van der Waals surface area contributed by atoms with Gasteiger partial charge in [-0.3, -0.25) is 4.68 Å². The Morgan fingerprint density at radius 3 is 2.81 bits per heavy atom. The molecule has 16 heavy (non-hydrogen) atoms. The van der Waals surface area contributed by atoms with Crippen LogP contribution in [0.25, 0.3) is 0 Å². The maximum Gasteiger partial charge on any atom is 0.0733 e. The molecule has 1 heterocycles. The largest absolute Gasteiger partial charge is 0.396 e. The van der Waals surface area contributed by atoms with Crippen molar-refractivity contribution in [3.8, 4) is 0 Å². The second-order valence-electron chi connectivity index (χ2n) is 3.65. The van der Waals surface area contributed by atoms with E-state index in [2.05, 4.69) is 34.0 Å². The first-order chi connectivity index (χ1) is 7.72. The van der Waals surface area contributed by atoms with Gasteiger partial charge in [0.25, 0.3) is 0 Å². The number of anilines is 1. The van der Waals surface area contributed by atoms with Gasteiger partial charge in [0.05, 0.1) is 24.1 Å². The summed E-state index contributed by atoms with van der Waals surface area (Å²) in [4.78, 5) is 0. The van der Waals surface area contributed by atoms with E-state index in [4.69, 9.17) is 5.73 Å². The molecule has 0 aliphatic carbocycles. The van der Waals surface area contributed by atoms with Gasteiger partial charge in [-0.2, -0.15) is 5.10 Å². The Kier molecular flexibility index (Phi) is 3.29. The van der Waals surface area contributed by atoms with E-state index in [0.717, 1.165) is 28.8 Å². The van der Waals surface area contributed by atoms with E-state index in [1.807, 2.05) is 22.9 Å². The normalized spacial score (nSPS) is 10.6. The number of aromatic nitrogens is 2. The second kappa shape index (κ2) is 4.70. The van der Waals surface area contributed by atoms with Crippen LogP contribution in [0, 0.1) is 0 Å². The molecule has 0 amide bonds. The van der Waals surface area contributed by atoms with Crippen LogP contribution in [0.2, 0.25) is 0 Å². The third kappa shape index (κ3) is 2.11. The van der Waals surface area contributed by atoms with Gasteiger partial charge in [-0.1, -0.05) is 41.1 Å². The van der Waals surface area contributed by atoms with Crippen LogP contribution >= 0.6 is 15.9 Å². The quantitative estimate of drug-likeness (QED) is 0.939. The number of halogens is 1. The molecule has 2 rings (SSSR count). The van der Waals surface area contributed by atoms with Gasteiger partial charge in [-0.05, 0) is 18.1 Å². The lowest BCUT2D eigenvalue weighted by Crippen LogP contribution is -2.07. The summed E-state index contributed by atoms with van der Waals surface area (Å²) in [6, 6.07) is 8.15. The summed E-state index contributed by atoms with van der Waals surface area (Å²) in [5.74, 6) is 0. The Morgan fingerprint density at radius 2 is 2.12 bits per heavy atom. The molecule has 84 valence electrons. The van der Waals surface area contributed by atoms with Gasteiger partial charge in [0.2, 0.25) is 0 Å². The summed E-state index contributed by atoms with van der Waals surface area (Å²) in [7, 11) is 0. The highest BCUT2D eigenvalue weighted by atomic mass is 79.9. The smallest absolute Gasteiger partial charge is 0.0733 e. The zero-order chi connectivity index (χ0) is 11.5. The summed E-state index contributed by atoms with van der Waals surface area (Å²) in [5, 5.41) is 4.29. The molecule has 0 aliphatic heterocycles. The minimum Gasteiger partial charge on any atom is -0.396 e. The van der Waals surface area contributed by atoms with Gasteiger partial charge in [-0.15, -0.1) is 0 Å². The highest BCUT2D eigenvalue weighted by molar-refractivity contribution is 9.10. The van der Waals surface area contributed by atoms with Crippen molar-refractivity contribution in [1.82, 2.24) is 9.78 Å². The SMILES string of the molecule is CCc1c(N)cnn1Cc1ccccc1Br. The fourth-order valence-electron chi connectivity index (χ4n) is 1.74. The summed E-state index contributed by atoms with van der Waals surface area (Å²) in [6.07, 6.45) is 2.62. The number of hydrogen-bond donors (Lipinski definition) is 1. The fourth-order valence-corrected chi connectivity index (χ4v) is 2.15. The van der Waals surface area contributed by atoms with Gasteiger partial charge >= 0.3 is 0 Å². The van der Waals surface area contributed by atoms with Crippen LogP contribution in [0.1, 0.15) is 18.2 Å². The van der Waals surface area contributed by atoms with Gasteiger partial charge in [0.1, 0.15) is 0 Å². The van der Waals surface area contributed by atoms with Crippen molar-refractivity contribution in [3.63, 3.8) is 0 Å². The van der Waals surface area contributed by atoms with E-state index in [1.54, 1.807) is 6.20 Å². The van der Waals surface area contributed by atoms with E-state index in [0.29, 0.717) is 0 Å². The molecular formula is C12H14BrN3. The predicted molar refractivity (Wildman–Crippen MR) is 69.3 cm³/mol. The van der Waals surface area contributed by atoms with Crippen LogP contribution in [0.3, 0.4) is 0 Å². The molecular weight excluding hydrogens is 266 g/mol. The number of rotatable bonds is 3. The molecule has 0 atom stereocenters. The van der Waals surface area contributed by atoms with Crippen molar-refractivity contribution < 1.29 is 0 Å². The number of nitrogens with two attached hydrogens (primary N) is 1. The van der Waals surface area contributed by atoms with Crippen LogP contribution in [-0.2, 0) is 13.0 Å². The zero-order valence-corrected chi connectivity index (χ0v) is 10.7. The summed E-state index contributed by atoms with van der Waals surface area (Å²) >= 11 is 3.53. The molecule has 1 aromatic carbocycles. The summed E-state index contributed by atoms with van der Waals surface area (Å²) in [6.45, 7) is 2.84. The van der Waals surface area contributed by atoms with Gasteiger partial charge in [0.15, 0.2) is 0 Å². The van der Waals surface area contributed by atoms with E-state index >= 15 is 0 Å². The molecule has 0 unspecified atom stereocenters. The average Bonchev–Trinajstić information content (AvgIpc) is 2.63. The van der Waals surface area contributed by atoms with Crippen LogP contribution < -0.4 is 5.73 Å². The molecule has 1 aromatic heterocycles. The first-order valence-electron chi connectivity index (χ1n) is 5.26. The molecule has 0 radical (unpaired) electrons. The molecule has 2 N–H and O–H groups in total. The molecule has 0 saturated heterocycles. The first kappa shape index (κ1) is 11.2. The molecule has 0 aliphatic rings. The third-order valence-corrected chi connectivity index (χ3v) is 3.37. The van der Waals surface area contributed by atoms with Crippen LogP contribution in [0.5, 0.6) is 0 Å². The molecule has 0 bridgehead atoms. The van der Waals surface area contributed by atoms with Crippen molar-refractivity contribution in [3.05, 3.63) is 46.2 Å². The van der Waals surface area contributed by atoms with E-state index in [-0.39, 0.29) is 0 Å². The topological polar surface area (TPSA) is 43.8 Å². The Balaban J connectivity index is 2.31. The first-order valence-corrected chi connectivity index (χ1v) is 6.05. The van der Waals surface area contributed by atoms with Gasteiger partial charge in [0, 0.05) is 4.47 Å². The number of nitrogen functional groups attached to an aromatic ring is 1. The number of nitrogens with zero attached hydrogens (tertiary/aromatic N) is 2. The van der Waals surface area contributed by atoms with Gasteiger partial charge in [-0.25, -0.2) is 0 Å². The maximum atomic E-state index is 5.85. The van der Waals surface area contributed by atoms with Crippen LogP contribution in [0.15, 0.2) is 34.9 Å². The van der Waals surface area contributed by atoms with E-state index < -0.39 is 0 Å². The molecule has 0 spiro atoms. The fraction of sp³-hybridized carbons (Fsp3) is 0.250. The highest BCUT2D eigenvalue weighted by Crippen LogP contribution is 2.19. The Labute approximate surface area is 103 Å². The lowest BCUT2D eigenvalue weighted by Gasteiger charge is -2.08. The minimum atomic E-state index is 0.752. The lowest BCUT2D eigenvalue weighted by molar-refractivity contribution is 0.649. The van der Waals surface area contributed by atoms with Crippen molar-refractivity contribution in [2.24, 2.45) is 0 Å². The lowest BCUT2D eigenvalue weighted by atomic mass is 10.2. The van der Waals surface area contributed by atoms with Crippen molar-refractivity contribution in [1.29, 1.82) is 0 Å². The molecule has 4 heteroatoms. The molecule has 2 aromatic rings. The predicted octanol–water partition coefficient (Wildman–Crippen LogP) is 2.84. The van der Waals surface area contributed by atoms with Crippen molar-refractivity contribution in [2.45, 2.75) is 19.9 Å². The Morgan fingerprint density at radius 1 is 1.38 bits per heavy atom. The van der Waals surface area contributed by atoms with E-state index in [1.165, 1.54) is 5.56 Å². The third-order valence-electron chi connectivity index (χ3n) is 2.59. The Hall–Kier alpha value is -1.29. The zero-order valence-electron chi connectivity index (χ0n) is 9.15. The summed E-state index contributed by atoms with van der Waals surface area (Å²) < 4.78 is 3.06. The second-order valence-corrected chi connectivity index (χ2v) is 4.50. The summed E-state index contributed by atoms with van der Waals surface area (Å²) in [5.41, 5.74) is 8.92. The number of benzene rings is 1. The van der Waals surface area contributed by atoms with Crippen LogP contribution in [0.4, 0.5) is 5.69 Å². The standard InChI is InChI=1S/C12H14BrN3/c1-2-12-11(14)7-15-16(12)8-9-5-3-4-6-10(9)13/h3-7H,2,8,14H2,1H3. The van der Waals surface area contributed by atoms with Gasteiger partial charge < -0.3 is 5.73 Å². The highest BCUT2D eigenvalue weighted by Gasteiger charge is 2.07. The maximum absolute atomic E-state index is 5.85. The van der Waals surface area contributed by atoms with Crippen LogP contribution in [-0.4, -0.2) is 9.78 Å². The Bertz CT molecular complexity index is 491.